The Morgan fingerprint density at radius 1 is 1.22 bits per heavy atom. The molecule has 2 amide bonds. The number of ether oxygens (including phenoxy) is 1. The Balaban J connectivity index is 1.39. The summed E-state index contributed by atoms with van der Waals surface area (Å²) in [5, 5.41) is 2.78. The summed E-state index contributed by atoms with van der Waals surface area (Å²) in [4.78, 5) is 13.4. The van der Waals surface area contributed by atoms with Crippen LogP contribution in [0.3, 0.4) is 0 Å². The van der Waals surface area contributed by atoms with Gasteiger partial charge in [0.1, 0.15) is 0 Å². The van der Waals surface area contributed by atoms with E-state index in [2.05, 4.69) is 5.32 Å². The summed E-state index contributed by atoms with van der Waals surface area (Å²) in [7, 11) is -3.33. The highest BCUT2D eigenvalue weighted by atomic mass is 32.2. The largest absolute Gasteiger partial charge is 0.371 e. The number of piperazine rings is 1. The van der Waals surface area contributed by atoms with Crippen LogP contribution in [0.2, 0.25) is 0 Å². The van der Waals surface area contributed by atoms with Gasteiger partial charge in [0.2, 0.25) is 10.0 Å². The molecule has 3 saturated heterocycles. The summed E-state index contributed by atoms with van der Waals surface area (Å²) in [6, 6.07) is -0.106. The minimum atomic E-state index is -3.33. The standard InChI is InChI=1S/C15H25N3O4S/c19-14-16-9-12-10-17(7-8-18(12)14)23(20,21)11-13-3-1-4-15(22-13)5-2-6-15/h12-13H,1-11H2,(H,16,19). The van der Waals surface area contributed by atoms with E-state index in [0.29, 0.717) is 26.2 Å². The van der Waals surface area contributed by atoms with Crippen LogP contribution in [0.5, 0.6) is 0 Å². The zero-order chi connectivity index (χ0) is 16.1. The highest BCUT2D eigenvalue weighted by molar-refractivity contribution is 7.89. The molecule has 1 spiro atoms. The monoisotopic (exact) mass is 343 g/mol. The van der Waals surface area contributed by atoms with Crippen LogP contribution in [0.25, 0.3) is 0 Å². The third-order valence-corrected chi connectivity index (χ3v) is 7.74. The lowest BCUT2D eigenvalue weighted by atomic mass is 9.74. The SMILES string of the molecule is O=C1NCC2CN(S(=O)(=O)CC3CCCC4(CCC4)O3)CCN12. The first-order chi connectivity index (χ1) is 11.0. The number of carbonyl (C=O) groups is 1. The number of hydrogen-bond donors (Lipinski definition) is 1. The van der Waals surface area contributed by atoms with E-state index in [0.717, 1.165) is 32.1 Å². The van der Waals surface area contributed by atoms with Crippen molar-refractivity contribution in [3.05, 3.63) is 0 Å². The fourth-order valence-corrected chi connectivity index (χ4v) is 6.02. The van der Waals surface area contributed by atoms with E-state index in [-0.39, 0.29) is 29.5 Å². The molecule has 3 aliphatic heterocycles. The van der Waals surface area contributed by atoms with Gasteiger partial charge in [0.05, 0.1) is 23.5 Å². The first kappa shape index (κ1) is 15.7. The number of urea groups is 1. The van der Waals surface area contributed by atoms with Crippen molar-refractivity contribution in [2.75, 3.05) is 31.9 Å². The second-order valence-corrected chi connectivity index (χ2v) is 9.35. The van der Waals surface area contributed by atoms with Crippen molar-refractivity contribution in [2.24, 2.45) is 0 Å². The molecule has 2 unspecified atom stereocenters. The summed E-state index contributed by atoms with van der Waals surface area (Å²) >= 11 is 0. The second-order valence-electron chi connectivity index (χ2n) is 7.34. The van der Waals surface area contributed by atoms with E-state index in [1.54, 1.807) is 9.21 Å². The summed E-state index contributed by atoms with van der Waals surface area (Å²) in [5.74, 6) is 0.0862. The number of nitrogens with zero attached hydrogens (tertiary/aromatic N) is 2. The highest BCUT2D eigenvalue weighted by Crippen LogP contribution is 2.44. The van der Waals surface area contributed by atoms with E-state index in [9.17, 15) is 13.2 Å². The summed E-state index contributed by atoms with van der Waals surface area (Å²) in [6.45, 7) is 1.81. The average Bonchev–Trinajstić information content (AvgIpc) is 2.86. The minimum Gasteiger partial charge on any atom is -0.371 e. The first-order valence-corrected chi connectivity index (χ1v) is 10.3. The molecule has 130 valence electrons. The summed E-state index contributed by atoms with van der Waals surface area (Å²) in [6.07, 6.45) is 6.17. The Kier molecular flexibility index (Phi) is 3.81. The predicted molar refractivity (Wildman–Crippen MR) is 84.6 cm³/mol. The molecular weight excluding hydrogens is 318 g/mol. The van der Waals surface area contributed by atoms with Crippen LogP contribution < -0.4 is 5.32 Å². The van der Waals surface area contributed by atoms with Gasteiger partial charge in [0.15, 0.2) is 0 Å². The van der Waals surface area contributed by atoms with Gasteiger partial charge in [-0.2, -0.15) is 4.31 Å². The van der Waals surface area contributed by atoms with Gasteiger partial charge < -0.3 is 15.0 Å². The van der Waals surface area contributed by atoms with E-state index < -0.39 is 10.0 Å². The second kappa shape index (κ2) is 5.60. The van der Waals surface area contributed by atoms with Gasteiger partial charge >= 0.3 is 6.03 Å². The van der Waals surface area contributed by atoms with Crippen molar-refractivity contribution in [3.63, 3.8) is 0 Å². The normalized spacial score (nSPS) is 34.1. The van der Waals surface area contributed by atoms with Crippen molar-refractivity contribution in [1.29, 1.82) is 0 Å². The van der Waals surface area contributed by atoms with Gasteiger partial charge in [0, 0.05) is 26.2 Å². The van der Waals surface area contributed by atoms with E-state index in [1.807, 2.05) is 0 Å². The minimum absolute atomic E-state index is 0.0150. The number of amides is 2. The molecule has 23 heavy (non-hydrogen) atoms. The Morgan fingerprint density at radius 3 is 2.74 bits per heavy atom. The Hall–Kier alpha value is -0.860. The van der Waals surface area contributed by atoms with E-state index >= 15 is 0 Å². The summed E-state index contributed by atoms with van der Waals surface area (Å²) in [5.41, 5.74) is -0.0150. The third kappa shape index (κ3) is 2.85. The first-order valence-electron chi connectivity index (χ1n) is 8.68. The zero-order valence-electron chi connectivity index (χ0n) is 13.4. The molecule has 0 bridgehead atoms. The molecule has 0 radical (unpaired) electrons. The van der Waals surface area contributed by atoms with Crippen LogP contribution in [0.4, 0.5) is 4.79 Å². The van der Waals surface area contributed by atoms with Crippen molar-refractivity contribution >= 4 is 16.1 Å². The molecular formula is C15H25N3O4S. The van der Waals surface area contributed by atoms with Gasteiger partial charge in [-0.15, -0.1) is 0 Å². The van der Waals surface area contributed by atoms with Crippen LogP contribution >= 0.6 is 0 Å². The van der Waals surface area contributed by atoms with Crippen molar-refractivity contribution in [2.45, 2.75) is 56.3 Å². The highest BCUT2D eigenvalue weighted by Gasteiger charge is 2.45. The number of hydrogen-bond acceptors (Lipinski definition) is 4. The van der Waals surface area contributed by atoms with Gasteiger partial charge in [-0.05, 0) is 38.5 Å². The maximum atomic E-state index is 12.8. The summed E-state index contributed by atoms with van der Waals surface area (Å²) < 4.78 is 33.2. The van der Waals surface area contributed by atoms with Crippen molar-refractivity contribution in [3.8, 4) is 0 Å². The molecule has 0 aromatic heterocycles. The molecule has 2 atom stereocenters. The smallest absolute Gasteiger partial charge is 0.317 e. The maximum absolute atomic E-state index is 12.8. The quantitative estimate of drug-likeness (QED) is 0.810. The van der Waals surface area contributed by atoms with Gasteiger partial charge in [-0.3, -0.25) is 0 Å². The number of sulfonamides is 1. The van der Waals surface area contributed by atoms with Crippen molar-refractivity contribution in [1.82, 2.24) is 14.5 Å². The van der Waals surface area contributed by atoms with E-state index in [4.69, 9.17) is 4.74 Å². The Bertz CT molecular complexity index is 590. The average molecular weight is 343 g/mol. The zero-order valence-corrected chi connectivity index (χ0v) is 14.2. The molecule has 1 aliphatic carbocycles. The molecule has 0 aromatic rings. The molecule has 4 rings (SSSR count). The molecule has 4 aliphatic rings. The fourth-order valence-electron chi connectivity index (χ4n) is 4.35. The molecule has 1 saturated carbocycles. The number of carbonyl (C=O) groups excluding carboxylic acids is 1. The maximum Gasteiger partial charge on any atom is 0.317 e. The van der Waals surface area contributed by atoms with Crippen LogP contribution in [-0.4, -0.2) is 73.3 Å². The molecule has 4 fully saturated rings. The van der Waals surface area contributed by atoms with Gasteiger partial charge in [0.25, 0.3) is 0 Å². The Morgan fingerprint density at radius 2 is 2.00 bits per heavy atom. The molecule has 0 aromatic carbocycles. The Labute approximate surface area is 137 Å². The van der Waals surface area contributed by atoms with Crippen LogP contribution in [0.1, 0.15) is 38.5 Å². The van der Waals surface area contributed by atoms with Crippen LogP contribution in [-0.2, 0) is 14.8 Å². The lowest BCUT2D eigenvalue weighted by molar-refractivity contribution is -0.161. The third-order valence-electron chi connectivity index (χ3n) is 5.83. The van der Waals surface area contributed by atoms with Crippen molar-refractivity contribution < 1.29 is 17.9 Å². The fraction of sp³-hybridized carbons (Fsp3) is 0.933. The predicted octanol–water partition coefficient (Wildman–Crippen LogP) is 0.517. The number of nitrogens with one attached hydrogen (secondary N) is 1. The number of fused-ring (bicyclic) bond motifs is 1. The van der Waals surface area contributed by atoms with Gasteiger partial charge in [-0.1, -0.05) is 0 Å². The van der Waals surface area contributed by atoms with Crippen LogP contribution in [0.15, 0.2) is 0 Å². The molecule has 3 heterocycles. The van der Waals surface area contributed by atoms with E-state index in [1.165, 1.54) is 6.42 Å². The molecule has 7 nitrogen and oxygen atoms in total. The lowest BCUT2D eigenvalue weighted by Crippen LogP contribution is -2.55. The molecule has 8 heteroatoms. The lowest BCUT2D eigenvalue weighted by Gasteiger charge is -2.47. The van der Waals surface area contributed by atoms with Gasteiger partial charge in [-0.25, -0.2) is 13.2 Å². The topological polar surface area (TPSA) is 79.0 Å². The molecule has 1 N–H and O–H groups in total. The number of rotatable bonds is 3. The van der Waals surface area contributed by atoms with Crippen LogP contribution in [0, 0.1) is 0 Å².